The Bertz CT molecular complexity index is 870. The third kappa shape index (κ3) is 2.91. The molecule has 1 aromatic carbocycles. The van der Waals surface area contributed by atoms with Crippen molar-refractivity contribution in [1.82, 2.24) is 14.9 Å². The van der Waals surface area contributed by atoms with E-state index in [1.54, 1.807) is 0 Å². The van der Waals surface area contributed by atoms with Crippen LogP contribution in [0.1, 0.15) is 19.3 Å². The molecule has 2 aromatic heterocycles. The minimum atomic E-state index is 0.325. The summed E-state index contributed by atoms with van der Waals surface area (Å²) in [6.07, 6.45) is 7.94. The van der Waals surface area contributed by atoms with Gasteiger partial charge in [-0.3, -0.25) is 0 Å². The lowest BCUT2D eigenvalue weighted by Crippen LogP contribution is -2.49. The second kappa shape index (κ2) is 6.19. The molecule has 3 atom stereocenters. The predicted octanol–water partition coefficient (Wildman–Crippen LogP) is 4.09. The van der Waals surface area contributed by atoms with E-state index in [1.807, 2.05) is 18.5 Å². The molecule has 128 valence electrons. The maximum atomic E-state index is 6.25. The van der Waals surface area contributed by atoms with Crippen LogP contribution in [-0.4, -0.2) is 40.6 Å². The zero-order chi connectivity index (χ0) is 16.6. The van der Waals surface area contributed by atoms with E-state index in [-0.39, 0.29) is 0 Å². The standard InChI is InChI=1S/C21H23N3O/c1-2-18-14-24(10-1)11-8-20(18)25-21-6-4-17(13-23-21)15-3-5-19-16(12-15)7-9-22-19/h3-7,9,12-13,18,20,22H,1-2,8,10-11,14H2/t18-,20-/m0/s1. The minimum Gasteiger partial charge on any atom is -0.474 e. The topological polar surface area (TPSA) is 41.1 Å². The molecule has 0 amide bonds. The quantitative estimate of drug-likeness (QED) is 0.785. The number of piperidine rings is 2. The summed E-state index contributed by atoms with van der Waals surface area (Å²) in [7, 11) is 0. The summed E-state index contributed by atoms with van der Waals surface area (Å²) in [6.45, 7) is 3.62. The van der Waals surface area contributed by atoms with Crippen LogP contribution in [0.3, 0.4) is 0 Å². The maximum absolute atomic E-state index is 6.25. The number of aromatic amines is 1. The molecule has 4 heterocycles. The molecule has 2 fully saturated rings. The maximum Gasteiger partial charge on any atom is 0.213 e. The van der Waals surface area contributed by atoms with Crippen LogP contribution in [0, 0.1) is 5.92 Å². The van der Waals surface area contributed by atoms with Crippen molar-refractivity contribution in [3.63, 3.8) is 0 Å². The molecule has 2 bridgehead atoms. The summed E-state index contributed by atoms with van der Waals surface area (Å²) < 4.78 is 6.25. The molecule has 1 N–H and O–H groups in total. The summed E-state index contributed by atoms with van der Waals surface area (Å²) in [5.41, 5.74) is 3.48. The Morgan fingerprint density at radius 3 is 2.92 bits per heavy atom. The molecule has 2 aliphatic heterocycles. The number of nitrogens with one attached hydrogen (secondary N) is 1. The van der Waals surface area contributed by atoms with Crippen LogP contribution < -0.4 is 4.74 Å². The molecule has 25 heavy (non-hydrogen) atoms. The van der Waals surface area contributed by atoms with Gasteiger partial charge < -0.3 is 14.6 Å². The third-order valence-corrected chi connectivity index (χ3v) is 5.69. The fourth-order valence-electron chi connectivity index (χ4n) is 4.31. The third-order valence-electron chi connectivity index (χ3n) is 5.69. The molecule has 5 rings (SSSR count). The van der Waals surface area contributed by atoms with Gasteiger partial charge in [-0.25, -0.2) is 4.98 Å². The Morgan fingerprint density at radius 1 is 1.04 bits per heavy atom. The number of benzene rings is 1. The summed E-state index contributed by atoms with van der Waals surface area (Å²) in [5, 5.41) is 1.22. The SMILES string of the molecule is c1cc2cc(-c3ccc(O[C@H]4CCN5CCC[C@H]4C5)nc3)ccc2[nH]1. The van der Waals surface area contributed by atoms with Crippen molar-refractivity contribution in [1.29, 1.82) is 0 Å². The van der Waals surface area contributed by atoms with Gasteiger partial charge in [0.1, 0.15) is 6.10 Å². The van der Waals surface area contributed by atoms with Crippen molar-refractivity contribution in [2.75, 3.05) is 19.6 Å². The zero-order valence-electron chi connectivity index (χ0n) is 14.3. The fraction of sp³-hybridized carbons (Fsp3) is 0.381. The summed E-state index contributed by atoms with van der Waals surface area (Å²) in [6, 6.07) is 12.7. The van der Waals surface area contributed by atoms with E-state index in [0.29, 0.717) is 12.0 Å². The molecule has 1 unspecified atom stereocenters. The highest BCUT2D eigenvalue weighted by Gasteiger charge is 2.33. The number of ether oxygens (including phenoxy) is 1. The first kappa shape index (κ1) is 15.0. The molecule has 0 spiro atoms. The van der Waals surface area contributed by atoms with Gasteiger partial charge >= 0.3 is 0 Å². The molecule has 3 aromatic rings. The van der Waals surface area contributed by atoms with Crippen molar-refractivity contribution in [2.45, 2.75) is 25.4 Å². The van der Waals surface area contributed by atoms with Crippen LogP contribution in [0.25, 0.3) is 22.0 Å². The minimum absolute atomic E-state index is 0.325. The average molecular weight is 333 g/mol. The lowest BCUT2D eigenvalue weighted by Gasteiger charge is -2.42. The molecule has 0 radical (unpaired) electrons. The number of hydrogen-bond donors (Lipinski definition) is 1. The lowest BCUT2D eigenvalue weighted by atomic mass is 9.87. The van der Waals surface area contributed by atoms with Gasteiger partial charge in [-0.2, -0.15) is 0 Å². The zero-order valence-corrected chi connectivity index (χ0v) is 14.3. The Labute approximate surface area is 147 Å². The number of H-pyrrole nitrogens is 1. The Hall–Kier alpha value is -2.33. The highest BCUT2D eigenvalue weighted by molar-refractivity contribution is 5.84. The summed E-state index contributed by atoms with van der Waals surface area (Å²) in [5.74, 6) is 1.43. The first-order valence-corrected chi connectivity index (χ1v) is 9.28. The van der Waals surface area contributed by atoms with Crippen LogP contribution in [0.4, 0.5) is 0 Å². The van der Waals surface area contributed by atoms with Gasteiger partial charge in [-0.1, -0.05) is 6.07 Å². The normalized spacial score (nSPS) is 25.8. The molecular weight excluding hydrogens is 310 g/mol. The smallest absolute Gasteiger partial charge is 0.213 e. The molecule has 2 aliphatic rings. The number of hydrogen-bond acceptors (Lipinski definition) is 3. The van der Waals surface area contributed by atoms with Gasteiger partial charge in [0.2, 0.25) is 5.88 Å². The Morgan fingerprint density at radius 2 is 2.00 bits per heavy atom. The van der Waals surface area contributed by atoms with Gasteiger partial charge in [-0.15, -0.1) is 0 Å². The molecule has 4 nitrogen and oxygen atoms in total. The van der Waals surface area contributed by atoms with E-state index in [1.165, 1.54) is 36.9 Å². The van der Waals surface area contributed by atoms with Crippen LogP contribution in [0.15, 0.2) is 48.8 Å². The fourth-order valence-corrected chi connectivity index (χ4v) is 4.31. The second-order valence-electron chi connectivity index (χ2n) is 7.31. The molecular formula is C21H23N3O. The summed E-state index contributed by atoms with van der Waals surface area (Å²) >= 11 is 0. The van der Waals surface area contributed by atoms with E-state index in [0.717, 1.165) is 29.9 Å². The van der Waals surface area contributed by atoms with Crippen molar-refractivity contribution < 1.29 is 4.74 Å². The number of nitrogens with zero attached hydrogens (tertiary/aromatic N) is 2. The first-order chi connectivity index (χ1) is 12.3. The highest BCUT2D eigenvalue weighted by Crippen LogP contribution is 2.30. The second-order valence-corrected chi connectivity index (χ2v) is 7.31. The van der Waals surface area contributed by atoms with Crippen LogP contribution >= 0.6 is 0 Å². The lowest BCUT2D eigenvalue weighted by molar-refractivity contribution is 0.0128. The molecule has 4 heteroatoms. The average Bonchev–Trinajstić information content (AvgIpc) is 3.13. The predicted molar refractivity (Wildman–Crippen MR) is 99.7 cm³/mol. The van der Waals surface area contributed by atoms with E-state index in [2.05, 4.69) is 45.2 Å². The van der Waals surface area contributed by atoms with E-state index in [4.69, 9.17) is 4.74 Å². The van der Waals surface area contributed by atoms with Crippen LogP contribution in [0.5, 0.6) is 5.88 Å². The number of rotatable bonds is 3. The van der Waals surface area contributed by atoms with Crippen molar-refractivity contribution >= 4 is 10.9 Å². The molecule has 2 saturated heterocycles. The molecule has 0 aliphatic carbocycles. The van der Waals surface area contributed by atoms with Crippen LogP contribution in [-0.2, 0) is 0 Å². The van der Waals surface area contributed by atoms with Crippen molar-refractivity contribution in [2.24, 2.45) is 5.92 Å². The van der Waals surface area contributed by atoms with E-state index in [9.17, 15) is 0 Å². The van der Waals surface area contributed by atoms with E-state index < -0.39 is 0 Å². The van der Waals surface area contributed by atoms with Crippen LogP contribution in [0.2, 0.25) is 0 Å². The molecule has 0 saturated carbocycles. The Kier molecular flexibility index (Phi) is 3.71. The van der Waals surface area contributed by atoms with Gasteiger partial charge in [0, 0.05) is 48.5 Å². The van der Waals surface area contributed by atoms with Gasteiger partial charge in [0.15, 0.2) is 0 Å². The van der Waals surface area contributed by atoms with Crippen molar-refractivity contribution in [3.8, 4) is 17.0 Å². The van der Waals surface area contributed by atoms with E-state index >= 15 is 0 Å². The monoisotopic (exact) mass is 333 g/mol. The largest absolute Gasteiger partial charge is 0.474 e. The first-order valence-electron chi connectivity index (χ1n) is 9.28. The number of pyridine rings is 1. The van der Waals surface area contributed by atoms with Gasteiger partial charge in [0.05, 0.1) is 0 Å². The summed E-state index contributed by atoms with van der Waals surface area (Å²) in [4.78, 5) is 10.4. The Balaban J connectivity index is 1.32. The number of aromatic nitrogens is 2. The van der Waals surface area contributed by atoms with Gasteiger partial charge in [-0.05, 0) is 61.0 Å². The highest BCUT2D eigenvalue weighted by atomic mass is 16.5. The van der Waals surface area contributed by atoms with Gasteiger partial charge in [0.25, 0.3) is 0 Å². The number of fused-ring (bicyclic) bond motifs is 3. The van der Waals surface area contributed by atoms with Crippen molar-refractivity contribution in [3.05, 3.63) is 48.8 Å².